The highest BCUT2D eigenvalue weighted by Crippen LogP contribution is 2.13. The van der Waals surface area contributed by atoms with Gasteiger partial charge < -0.3 is 4.90 Å². The van der Waals surface area contributed by atoms with Gasteiger partial charge in [0.2, 0.25) is 0 Å². The van der Waals surface area contributed by atoms with Gasteiger partial charge in [0.05, 0.1) is 0 Å². The molecule has 0 bridgehead atoms. The molecule has 0 aromatic carbocycles. The molecule has 0 N–H and O–H groups in total. The summed E-state index contributed by atoms with van der Waals surface area (Å²) in [4.78, 5) is 2.27. The van der Waals surface area contributed by atoms with Crippen molar-refractivity contribution in [2.24, 2.45) is 5.92 Å². The quantitative estimate of drug-likeness (QED) is 0.433. The van der Waals surface area contributed by atoms with E-state index in [1.54, 1.807) is 0 Å². The molecular weight excluding hydrogens is 182 g/mol. The Bertz CT molecular complexity index is 192. The second kappa shape index (κ2) is 8.72. The summed E-state index contributed by atoms with van der Waals surface area (Å²) in [7, 11) is 4.28. The van der Waals surface area contributed by atoms with Crippen LogP contribution in [0.2, 0.25) is 0 Å². The van der Waals surface area contributed by atoms with Crippen LogP contribution in [0.5, 0.6) is 0 Å². The molecule has 0 radical (unpaired) electrons. The summed E-state index contributed by atoms with van der Waals surface area (Å²) in [5, 5.41) is 0. The molecule has 0 fully saturated rings. The van der Waals surface area contributed by atoms with Gasteiger partial charge in [-0.3, -0.25) is 0 Å². The molecule has 0 heterocycles. The number of rotatable bonds is 8. The molecule has 0 aromatic heterocycles. The molecule has 88 valence electrons. The van der Waals surface area contributed by atoms with Crippen LogP contribution in [-0.4, -0.2) is 25.5 Å². The van der Waals surface area contributed by atoms with Gasteiger partial charge in [-0.05, 0) is 52.6 Å². The molecule has 0 aliphatic heterocycles. The van der Waals surface area contributed by atoms with Gasteiger partial charge in [-0.2, -0.15) is 0 Å². The summed E-state index contributed by atoms with van der Waals surface area (Å²) in [6, 6.07) is 0. The third-order valence-electron chi connectivity index (χ3n) is 2.57. The van der Waals surface area contributed by atoms with Crippen LogP contribution in [0, 0.1) is 5.92 Å². The lowest BCUT2D eigenvalue weighted by Gasteiger charge is -2.16. The fraction of sp³-hybridized carbons (Fsp3) is 0.714. The van der Waals surface area contributed by atoms with Crippen molar-refractivity contribution in [1.82, 2.24) is 4.90 Å². The smallest absolute Gasteiger partial charge is 0.000103 e. The fourth-order valence-corrected chi connectivity index (χ4v) is 1.74. The average molecular weight is 209 g/mol. The molecule has 1 nitrogen and oxygen atoms in total. The topological polar surface area (TPSA) is 3.24 Å². The molecule has 0 saturated heterocycles. The Morgan fingerprint density at radius 3 is 2.53 bits per heavy atom. The largest absolute Gasteiger partial charge is 0.309 e. The molecule has 0 spiro atoms. The zero-order valence-electron chi connectivity index (χ0n) is 10.9. The van der Waals surface area contributed by atoms with Crippen molar-refractivity contribution in [2.75, 3.05) is 20.6 Å². The highest BCUT2D eigenvalue weighted by Gasteiger charge is 2.03. The molecule has 15 heavy (non-hydrogen) atoms. The van der Waals surface area contributed by atoms with E-state index in [0.717, 1.165) is 18.8 Å². The number of hydrogen-bond donors (Lipinski definition) is 0. The van der Waals surface area contributed by atoms with E-state index >= 15 is 0 Å². The summed E-state index contributed by atoms with van der Waals surface area (Å²) in [6.07, 6.45) is 9.13. The van der Waals surface area contributed by atoms with Crippen molar-refractivity contribution in [1.29, 1.82) is 0 Å². The van der Waals surface area contributed by atoms with Crippen LogP contribution in [0.3, 0.4) is 0 Å². The normalized spacial score (nSPS) is 14.3. The lowest BCUT2D eigenvalue weighted by Crippen LogP contribution is -2.19. The van der Waals surface area contributed by atoms with Crippen molar-refractivity contribution < 1.29 is 0 Å². The van der Waals surface area contributed by atoms with E-state index in [1.807, 2.05) is 6.08 Å². The zero-order valence-corrected chi connectivity index (χ0v) is 10.9. The Hall–Kier alpha value is -0.560. The van der Waals surface area contributed by atoms with Crippen LogP contribution < -0.4 is 0 Å². The molecule has 1 heteroatoms. The maximum atomic E-state index is 3.73. The molecule has 0 rings (SSSR count). The Morgan fingerprint density at radius 2 is 2.00 bits per heavy atom. The summed E-state index contributed by atoms with van der Waals surface area (Å²) >= 11 is 0. The molecular formula is C14H27N. The minimum absolute atomic E-state index is 0.794. The van der Waals surface area contributed by atoms with Gasteiger partial charge in [0.15, 0.2) is 0 Å². The molecule has 0 amide bonds. The van der Waals surface area contributed by atoms with Gasteiger partial charge in [0.1, 0.15) is 0 Å². The first kappa shape index (κ1) is 14.4. The minimum atomic E-state index is 0.794. The van der Waals surface area contributed by atoms with Crippen LogP contribution in [0.25, 0.3) is 0 Å². The van der Waals surface area contributed by atoms with Gasteiger partial charge >= 0.3 is 0 Å². The zero-order chi connectivity index (χ0) is 11.7. The van der Waals surface area contributed by atoms with E-state index in [0.29, 0.717) is 0 Å². The number of unbranched alkanes of at least 4 members (excludes halogenated alkanes) is 1. The van der Waals surface area contributed by atoms with E-state index in [9.17, 15) is 0 Å². The third kappa shape index (κ3) is 9.74. The minimum Gasteiger partial charge on any atom is -0.309 e. The first-order valence-corrected chi connectivity index (χ1v) is 5.97. The van der Waals surface area contributed by atoms with Crippen LogP contribution in [0.4, 0.5) is 0 Å². The number of allylic oxidation sites excluding steroid dienone is 3. The van der Waals surface area contributed by atoms with Crippen LogP contribution >= 0.6 is 0 Å². The Balaban J connectivity index is 3.64. The van der Waals surface area contributed by atoms with Crippen molar-refractivity contribution >= 4 is 0 Å². The van der Waals surface area contributed by atoms with E-state index in [4.69, 9.17) is 0 Å². The van der Waals surface area contributed by atoms with Crippen LogP contribution in [0.15, 0.2) is 24.3 Å². The third-order valence-corrected chi connectivity index (χ3v) is 2.57. The second-order valence-corrected chi connectivity index (χ2v) is 4.82. The molecule has 0 aromatic rings. The summed E-state index contributed by atoms with van der Waals surface area (Å²) in [5.41, 5.74) is 1.53. The number of hydrogen-bond acceptors (Lipinski definition) is 1. The van der Waals surface area contributed by atoms with Gasteiger partial charge in [-0.15, -0.1) is 6.58 Å². The van der Waals surface area contributed by atoms with Gasteiger partial charge in [-0.25, -0.2) is 0 Å². The lowest BCUT2D eigenvalue weighted by atomic mass is 10.0. The maximum Gasteiger partial charge on any atom is 0.000103 e. The highest BCUT2D eigenvalue weighted by atomic mass is 15.1. The SMILES string of the molecule is C=CCC/C=C(\C)CCC(C)CN(C)C. The van der Waals surface area contributed by atoms with Crippen molar-refractivity contribution in [3.8, 4) is 0 Å². The lowest BCUT2D eigenvalue weighted by molar-refractivity contribution is 0.328. The standard InChI is InChI=1S/C14H27N/c1-6-7-8-9-13(2)10-11-14(3)12-15(4)5/h6,9,14H,1,7-8,10-12H2,2-5H3/b13-9+. The van der Waals surface area contributed by atoms with Crippen molar-refractivity contribution in [3.05, 3.63) is 24.3 Å². The Labute approximate surface area is 95.9 Å². The highest BCUT2D eigenvalue weighted by molar-refractivity contribution is 4.98. The van der Waals surface area contributed by atoms with E-state index in [-0.39, 0.29) is 0 Å². The van der Waals surface area contributed by atoms with Crippen LogP contribution in [0.1, 0.15) is 39.5 Å². The van der Waals surface area contributed by atoms with E-state index in [2.05, 4.69) is 45.5 Å². The monoisotopic (exact) mass is 209 g/mol. The number of nitrogens with zero attached hydrogens (tertiary/aromatic N) is 1. The van der Waals surface area contributed by atoms with E-state index in [1.165, 1.54) is 25.0 Å². The molecule has 1 atom stereocenters. The fourth-order valence-electron chi connectivity index (χ4n) is 1.74. The maximum absolute atomic E-state index is 3.73. The molecule has 1 unspecified atom stereocenters. The Morgan fingerprint density at radius 1 is 1.33 bits per heavy atom. The second-order valence-electron chi connectivity index (χ2n) is 4.82. The van der Waals surface area contributed by atoms with Crippen LogP contribution in [-0.2, 0) is 0 Å². The van der Waals surface area contributed by atoms with Gasteiger partial charge in [0, 0.05) is 6.54 Å². The molecule has 0 aliphatic rings. The summed E-state index contributed by atoms with van der Waals surface area (Å²) < 4.78 is 0. The van der Waals surface area contributed by atoms with Gasteiger partial charge in [-0.1, -0.05) is 24.6 Å². The van der Waals surface area contributed by atoms with Crippen molar-refractivity contribution in [2.45, 2.75) is 39.5 Å². The predicted molar refractivity (Wildman–Crippen MR) is 70.1 cm³/mol. The Kier molecular flexibility index (Phi) is 8.40. The first-order valence-electron chi connectivity index (χ1n) is 5.97. The molecule has 0 saturated carbocycles. The average Bonchev–Trinajstić information content (AvgIpc) is 2.14. The summed E-state index contributed by atoms with van der Waals surface area (Å²) in [6.45, 7) is 9.50. The van der Waals surface area contributed by atoms with E-state index < -0.39 is 0 Å². The van der Waals surface area contributed by atoms with Gasteiger partial charge in [0.25, 0.3) is 0 Å². The predicted octanol–water partition coefficient (Wildman–Crippen LogP) is 3.88. The molecule has 0 aliphatic carbocycles. The van der Waals surface area contributed by atoms with Crippen molar-refractivity contribution in [3.63, 3.8) is 0 Å². The summed E-state index contributed by atoms with van der Waals surface area (Å²) in [5.74, 6) is 0.794. The first-order chi connectivity index (χ1) is 7.06.